The number of ether oxygens (including phenoxy) is 1. The van der Waals surface area contributed by atoms with Gasteiger partial charge in [0, 0.05) is 24.8 Å². The van der Waals surface area contributed by atoms with Crippen LogP contribution in [0.15, 0.2) is 48.5 Å². The molecule has 0 spiro atoms. The van der Waals surface area contributed by atoms with Crippen LogP contribution in [0.3, 0.4) is 0 Å². The van der Waals surface area contributed by atoms with Crippen molar-refractivity contribution in [1.29, 1.82) is 0 Å². The molecule has 1 saturated heterocycles. The summed E-state index contributed by atoms with van der Waals surface area (Å²) in [4.78, 5) is 13.6. The summed E-state index contributed by atoms with van der Waals surface area (Å²) in [6.07, 6.45) is 0.163. The molecule has 2 amide bonds. The number of amides is 2. The number of nitrogens with one attached hydrogen (secondary N) is 1. The number of benzene rings is 2. The normalized spacial score (nSPS) is 17.1. The molecule has 0 saturated carbocycles. The van der Waals surface area contributed by atoms with Crippen molar-refractivity contribution in [3.05, 3.63) is 54.3 Å². The molecular weight excluding hydrogens is 299 g/mol. The minimum atomic E-state index is -0.442. The lowest BCUT2D eigenvalue weighted by Gasteiger charge is -2.16. The summed E-state index contributed by atoms with van der Waals surface area (Å²) in [5, 5.41) is 12.2. The van der Waals surface area contributed by atoms with Gasteiger partial charge in [-0.25, -0.2) is 9.18 Å². The maximum Gasteiger partial charge on any atom is 0.321 e. The zero-order chi connectivity index (χ0) is 16.2. The van der Waals surface area contributed by atoms with Gasteiger partial charge in [0.05, 0.1) is 6.10 Å². The molecule has 0 aliphatic carbocycles. The van der Waals surface area contributed by atoms with Gasteiger partial charge in [-0.05, 0) is 42.8 Å². The molecule has 0 aromatic heterocycles. The molecule has 2 aromatic rings. The Hall–Kier alpha value is -2.60. The van der Waals surface area contributed by atoms with Gasteiger partial charge in [-0.15, -0.1) is 0 Å². The van der Waals surface area contributed by atoms with Gasteiger partial charge in [0.1, 0.15) is 17.3 Å². The number of hydrogen-bond donors (Lipinski definition) is 2. The second-order valence-corrected chi connectivity index (χ2v) is 5.40. The topological polar surface area (TPSA) is 61.8 Å². The molecule has 1 heterocycles. The molecule has 2 N–H and O–H groups in total. The van der Waals surface area contributed by atoms with E-state index in [0.29, 0.717) is 36.7 Å². The number of anilines is 1. The van der Waals surface area contributed by atoms with Gasteiger partial charge in [0.2, 0.25) is 0 Å². The second kappa shape index (κ2) is 6.66. The number of β-amino-alcohol motifs (C(OH)–C–C–N with tert-alkyl or cyclic N) is 1. The lowest BCUT2D eigenvalue weighted by atomic mass is 10.3. The van der Waals surface area contributed by atoms with Crippen LogP contribution in [-0.2, 0) is 0 Å². The molecule has 5 nitrogen and oxygen atoms in total. The van der Waals surface area contributed by atoms with Crippen LogP contribution >= 0.6 is 0 Å². The summed E-state index contributed by atoms with van der Waals surface area (Å²) < 4.78 is 18.6. The predicted molar refractivity (Wildman–Crippen MR) is 84.1 cm³/mol. The van der Waals surface area contributed by atoms with Crippen LogP contribution in [-0.4, -0.2) is 35.2 Å². The molecule has 1 aliphatic heterocycles. The molecule has 0 bridgehead atoms. The number of hydrogen-bond acceptors (Lipinski definition) is 3. The van der Waals surface area contributed by atoms with E-state index in [-0.39, 0.29) is 11.8 Å². The first-order valence-corrected chi connectivity index (χ1v) is 7.37. The highest BCUT2D eigenvalue weighted by Gasteiger charge is 2.24. The van der Waals surface area contributed by atoms with Crippen LogP contribution < -0.4 is 10.1 Å². The van der Waals surface area contributed by atoms with E-state index in [0.717, 1.165) is 0 Å². The van der Waals surface area contributed by atoms with Gasteiger partial charge in [-0.1, -0.05) is 6.07 Å². The zero-order valence-corrected chi connectivity index (χ0v) is 12.4. The fourth-order valence-electron chi connectivity index (χ4n) is 2.40. The lowest BCUT2D eigenvalue weighted by molar-refractivity contribution is 0.176. The molecule has 120 valence electrons. The van der Waals surface area contributed by atoms with Crippen LogP contribution in [0.5, 0.6) is 11.5 Å². The van der Waals surface area contributed by atoms with Crippen LogP contribution in [0.4, 0.5) is 14.9 Å². The monoisotopic (exact) mass is 316 g/mol. The van der Waals surface area contributed by atoms with Crippen molar-refractivity contribution in [2.24, 2.45) is 0 Å². The van der Waals surface area contributed by atoms with Crippen molar-refractivity contribution in [2.75, 3.05) is 18.4 Å². The van der Waals surface area contributed by atoms with Gasteiger partial charge < -0.3 is 20.1 Å². The van der Waals surface area contributed by atoms with Crippen LogP contribution in [0.1, 0.15) is 6.42 Å². The lowest BCUT2D eigenvalue weighted by Crippen LogP contribution is -2.33. The number of urea groups is 1. The molecule has 1 atom stereocenters. The average Bonchev–Trinajstić information content (AvgIpc) is 2.96. The number of aliphatic hydroxyl groups is 1. The number of likely N-dealkylation sites (tertiary alicyclic amines) is 1. The minimum absolute atomic E-state index is 0.236. The van der Waals surface area contributed by atoms with E-state index >= 15 is 0 Å². The molecular formula is C17H17FN2O3. The van der Waals surface area contributed by atoms with E-state index in [2.05, 4.69) is 5.32 Å². The number of rotatable bonds is 3. The molecule has 1 aliphatic rings. The number of carbonyl (C=O) groups excluding carboxylic acids is 1. The number of aliphatic hydroxyl groups excluding tert-OH is 1. The summed E-state index contributed by atoms with van der Waals surface area (Å²) >= 11 is 0. The Bertz CT molecular complexity index is 690. The smallest absolute Gasteiger partial charge is 0.321 e. The minimum Gasteiger partial charge on any atom is -0.457 e. The Morgan fingerprint density at radius 2 is 2.00 bits per heavy atom. The Morgan fingerprint density at radius 1 is 1.22 bits per heavy atom. The maximum atomic E-state index is 13.1. The highest BCUT2D eigenvalue weighted by atomic mass is 19.1. The fraction of sp³-hybridized carbons (Fsp3) is 0.235. The largest absolute Gasteiger partial charge is 0.457 e. The number of carbonyl (C=O) groups is 1. The highest BCUT2D eigenvalue weighted by molar-refractivity contribution is 5.89. The Labute approximate surface area is 133 Å². The fourth-order valence-corrected chi connectivity index (χ4v) is 2.40. The molecule has 23 heavy (non-hydrogen) atoms. The third-order valence-corrected chi connectivity index (χ3v) is 3.59. The van der Waals surface area contributed by atoms with E-state index in [1.165, 1.54) is 12.1 Å². The molecule has 2 aromatic carbocycles. The van der Waals surface area contributed by atoms with Gasteiger partial charge in [-0.2, -0.15) is 0 Å². The Balaban J connectivity index is 1.59. The highest BCUT2D eigenvalue weighted by Crippen LogP contribution is 2.23. The molecule has 3 rings (SSSR count). The molecule has 6 heteroatoms. The first-order valence-electron chi connectivity index (χ1n) is 7.37. The number of halogens is 1. The standard InChI is InChI=1S/C17H17FN2O3/c18-12-2-1-3-16(10-12)23-15-6-4-13(5-7-15)19-17(22)20-9-8-14(21)11-20/h1-7,10,14,21H,8-9,11H2,(H,19,22). The second-order valence-electron chi connectivity index (χ2n) is 5.40. The summed E-state index contributed by atoms with van der Waals surface area (Å²) in [5.74, 6) is 0.595. The van der Waals surface area contributed by atoms with E-state index < -0.39 is 6.10 Å². The van der Waals surface area contributed by atoms with Crippen molar-refractivity contribution in [1.82, 2.24) is 4.90 Å². The van der Waals surface area contributed by atoms with Crippen LogP contribution in [0, 0.1) is 5.82 Å². The number of nitrogens with zero attached hydrogens (tertiary/aromatic N) is 1. The van der Waals surface area contributed by atoms with Crippen molar-refractivity contribution in [3.63, 3.8) is 0 Å². The van der Waals surface area contributed by atoms with E-state index in [9.17, 15) is 14.3 Å². The average molecular weight is 316 g/mol. The molecule has 1 unspecified atom stereocenters. The van der Waals surface area contributed by atoms with Gasteiger partial charge in [0.25, 0.3) is 0 Å². The SMILES string of the molecule is O=C(Nc1ccc(Oc2cccc(F)c2)cc1)N1CCC(O)C1. The van der Waals surface area contributed by atoms with Crippen molar-refractivity contribution < 1.29 is 19.0 Å². The summed E-state index contributed by atoms with van der Waals surface area (Å²) in [7, 11) is 0. The quantitative estimate of drug-likeness (QED) is 0.914. The van der Waals surface area contributed by atoms with Crippen molar-refractivity contribution in [2.45, 2.75) is 12.5 Å². The summed E-state index contributed by atoms with van der Waals surface area (Å²) in [5.41, 5.74) is 0.628. The molecule has 1 fully saturated rings. The summed E-state index contributed by atoms with van der Waals surface area (Å²) in [6.45, 7) is 0.903. The van der Waals surface area contributed by atoms with Crippen molar-refractivity contribution >= 4 is 11.7 Å². The zero-order valence-electron chi connectivity index (χ0n) is 12.4. The van der Waals surface area contributed by atoms with Gasteiger partial charge in [-0.3, -0.25) is 0 Å². The van der Waals surface area contributed by atoms with E-state index in [1.54, 1.807) is 41.3 Å². The Kier molecular flexibility index (Phi) is 4.43. The predicted octanol–water partition coefficient (Wildman–Crippen LogP) is 3.22. The summed E-state index contributed by atoms with van der Waals surface area (Å²) in [6, 6.07) is 12.5. The van der Waals surface area contributed by atoms with Crippen LogP contribution in [0.2, 0.25) is 0 Å². The third-order valence-electron chi connectivity index (χ3n) is 3.59. The van der Waals surface area contributed by atoms with Crippen molar-refractivity contribution in [3.8, 4) is 11.5 Å². The first kappa shape index (κ1) is 15.3. The third kappa shape index (κ3) is 3.98. The van der Waals surface area contributed by atoms with E-state index in [4.69, 9.17) is 4.74 Å². The van der Waals surface area contributed by atoms with E-state index in [1.807, 2.05) is 0 Å². The molecule has 0 radical (unpaired) electrons. The maximum absolute atomic E-state index is 13.1. The first-order chi connectivity index (χ1) is 11.1. The Morgan fingerprint density at radius 3 is 2.65 bits per heavy atom. The van der Waals surface area contributed by atoms with Gasteiger partial charge in [0.15, 0.2) is 0 Å². The van der Waals surface area contributed by atoms with Gasteiger partial charge >= 0.3 is 6.03 Å². The van der Waals surface area contributed by atoms with Crippen LogP contribution in [0.25, 0.3) is 0 Å².